The lowest BCUT2D eigenvalue weighted by Gasteiger charge is -2.36. The van der Waals surface area contributed by atoms with Gasteiger partial charge in [0, 0.05) is 37.1 Å². The van der Waals surface area contributed by atoms with Crippen LogP contribution in [-0.2, 0) is 38.1 Å². The van der Waals surface area contributed by atoms with Crippen LogP contribution in [0.15, 0.2) is 46.8 Å². The Hall–Kier alpha value is -4.01. The molecule has 1 aromatic rings. The maximum Gasteiger partial charge on any atom is 0.421 e. The molecule has 1 amide bonds. The fraction of sp³-hybridized carbons (Fsp3) is 0.517. The molecule has 0 saturated carbocycles. The van der Waals surface area contributed by atoms with E-state index in [9.17, 15) is 29.3 Å². The lowest BCUT2D eigenvalue weighted by molar-refractivity contribution is -0.384. The predicted octanol–water partition coefficient (Wildman–Crippen LogP) is 4.26. The second-order valence-corrected chi connectivity index (χ2v) is 9.85. The molecule has 1 aliphatic rings. The highest BCUT2D eigenvalue weighted by Gasteiger charge is 2.43. The minimum absolute atomic E-state index is 0. The summed E-state index contributed by atoms with van der Waals surface area (Å²) in [4.78, 5) is 64.3. The van der Waals surface area contributed by atoms with Crippen molar-refractivity contribution in [3.8, 4) is 0 Å². The summed E-state index contributed by atoms with van der Waals surface area (Å²) in [6.07, 6.45) is 0.579. The molecule has 1 aliphatic heterocycles. The molecule has 0 bridgehead atoms. The number of amides is 1. The van der Waals surface area contributed by atoms with Crippen LogP contribution in [0, 0.1) is 10.1 Å². The fourth-order valence-corrected chi connectivity index (χ4v) is 4.46. The first-order valence-electron chi connectivity index (χ1n) is 13.8. The Balaban J connectivity index is 0.00000968. The van der Waals surface area contributed by atoms with Crippen LogP contribution in [0.1, 0.15) is 64.9 Å². The number of hydrogen-bond acceptors (Lipinski definition) is 12. The Kier molecular flexibility index (Phi) is 16.1. The van der Waals surface area contributed by atoms with Gasteiger partial charge < -0.3 is 29.4 Å². The van der Waals surface area contributed by atoms with Gasteiger partial charge in [0.15, 0.2) is 0 Å². The van der Waals surface area contributed by atoms with Gasteiger partial charge in [-0.2, -0.15) is 0 Å². The van der Waals surface area contributed by atoms with Crippen LogP contribution in [0.2, 0.25) is 0 Å². The monoisotopic (exact) mass is 641 g/mol. The maximum atomic E-state index is 13.5. The van der Waals surface area contributed by atoms with Gasteiger partial charge in [0.2, 0.25) is 6.79 Å². The highest BCUT2D eigenvalue weighted by molar-refractivity contribution is 6.01. The van der Waals surface area contributed by atoms with Crippen molar-refractivity contribution in [3.63, 3.8) is 0 Å². The van der Waals surface area contributed by atoms with E-state index < -0.39 is 47.7 Å². The molecular formula is C29H40ClN3O11. The summed E-state index contributed by atoms with van der Waals surface area (Å²) in [6, 6.07) is 5.44. The lowest BCUT2D eigenvalue weighted by atomic mass is 9.79. The third-order valence-corrected chi connectivity index (χ3v) is 6.42. The number of hydrogen-bond donors (Lipinski definition) is 1. The number of nitro benzene ring substituents is 1. The van der Waals surface area contributed by atoms with Gasteiger partial charge in [0.1, 0.15) is 6.61 Å². The van der Waals surface area contributed by atoms with Gasteiger partial charge in [0.05, 0.1) is 34.7 Å². The quantitative estimate of drug-likeness (QED) is 0.0717. The number of rotatable bonds is 15. The summed E-state index contributed by atoms with van der Waals surface area (Å²) in [7, 11) is 1.42. The fourth-order valence-electron chi connectivity index (χ4n) is 4.46. The van der Waals surface area contributed by atoms with Crippen molar-refractivity contribution in [1.29, 1.82) is 0 Å². The number of ether oxygens (including phenoxy) is 5. The number of non-ortho nitro benzene ring substituents is 1. The molecule has 0 aliphatic carbocycles. The van der Waals surface area contributed by atoms with Gasteiger partial charge in [-0.1, -0.05) is 18.6 Å². The normalized spacial score (nSPS) is 14.6. The maximum absolute atomic E-state index is 13.5. The third kappa shape index (κ3) is 10.3. The second kappa shape index (κ2) is 18.6. The topological polar surface area (TPSA) is 187 Å². The van der Waals surface area contributed by atoms with Gasteiger partial charge in [-0.25, -0.2) is 14.4 Å². The molecule has 0 aromatic heterocycles. The summed E-state index contributed by atoms with van der Waals surface area (Å²) < 4.78 is 26.0. The van der Waals surface area contributed by atoms with Crippen molar-refractivity contribution in [3.05, 3.63) is 62.5 Å². The van der Waals surface area contributed by atoms with Crippen molar-refractivity contribution >= 4 is 42.1 Å². The first-order chi connectivity index (χ1) is 20.4. The number of halogens is 1. The average molecular weight is 642 g/mol. The Morgan fingerprint density at radius 2 is 1.64 bits per heavy atom. The van der Waals surface area contributed by atoms with Crippen LogP contribution in [0.25, 0.3) is 0 Å². The van der Waals surface area contributed by atoms with Crippen LogP contribution in [-0.4, -0.2) is 73.6 Å². The number of nitro groups is 1. The van der Waals surface area contributed by atoms with Crippen molar-refractivity contribution in [2.45, 2.75) is 65.4 Å². The SMILES string of the molecule is COCCOC(=O)C1=C(C)N(C(=O)OCOC(=O)CCCCCN)C(C)=C(C(=O)OC(C)C)C1c1cccc([N+](=O)[O-])c1.Cl. The van der Waals surface area contributed by atoms with Crippen LogP contribution in [0.4, 0.5) is 10.5 Å². The molecule has 1 atom stereocenters. The van der Waals surface area contributed by atoms with Crippen LogP contribution < -0.4 is 5.73 Å². The van der Waals surface area contributed by atoms with Crippen molar-refractivity contribution in [2.24, 2.45) is 5.73 Å². The molecular weight excluding hydrogens is 602 g/mol. The highest BCUT2D eigenvalue weighted by atomic mass is 35.5. The number of allylic oxidation sites excluding steroid dienone is 2. The van der Waals surface area contributed by atoms with E-state index in [1.807, 2.05) is 0 Å². The Labute approximate surface area is 262 Å². The molecule has 0 saturated heterocycles. The lowest BCUT2D eigenvalue weighted by Crippen LogP contribution is -2.39. The molecule has 244 valence electrons. The largest absolute Gasteiger partial charge is 0.460 e. The van der Waals surface area contributed by atoms with E-state index in [4.69, 9.17) is 29.4 Å². The molecule has 15 heteroatoms. The molecule has 2 N–H and O–H groups in total. The van der Waals surface area contributed by atoms with Crippen LogP contribution in [0.5, 0.6) is 0 Å². The Bertz CT molecular complexity index is 1260. The van der Waals surface area contributed by atoms with Gasteiger partial charge in [-0.05, 0) is 52.6 Å². The van der Waals surface area contributed by atoms with Crippen LogP contribution in [0.3, 0.4) is 0 Å². The van der Waals surface area contributed by atoms with Gasteiger partial charge in [-0.15, -0.1) is 12.4 Å². The summed E-state index contributed by atoms with van der Waals surface area (Å²) in [6.45, 7) is 5.86. The number of carbonyl (C=O) groups is 4. The number of methoxy groups -OCH3 is 1. The number of unbranched alkanes of at least 4 members (excludes halogenated alkanes) is 2. The van der Waals surface area contributed by atoms with E-state index in [1.54, 1.807) is 13.8 Å². The highest BCUT2D eigenvalue weighted by Crippen LogP contribution is 2.44. The molecule has 14 nitrogen and oxygen atoms in total. The number of carbonyl (C=O) groups excluding carboxylic acids is 4. The number of esters is 3. The third-order valence-electron chi connectivity index (χ3n) is 6.42. The molecule has 0 spiro atoms. The molecule has 44 heavy (non-hydrogen) atoms. The van der Waals surface area contributed by atoms with E-state index in [-0.39, 0.29) is 65.8 Å². The van der Waals surface area contributed by atoms with Crippen molar-refractivity contribution in [2.75, 3.05) is 33.7 Å². The van der Waals surface area contributed by atoms with Gasteiger partial charge in [0.25, 0.3) is 5.69 Å². The molecule has 1 aromatic carbocycles. The first-order valence-corrected chi connectivity index (χ1v) is 13.8. The van der Waals surface area contributed by atoms with E-state index in [0.717, 1.165) is 17.7 Å². The predicted molar refractivity (Wildman–Crippen MR) is 159 cm³/mol. The summed E-state index contributed by atoms with van der Waals surface area (Å²) in [5.74, 6) is -3.52. The van der Waals surface area contributed by atoms with Gasteiger partial charge in [-0.3, -0.25) is 19.8 Å². The summed E-state index contributed by atoms with van der Waals surface area (Å²) in [5.41, 5.74) is 5.20. The summed E-state index contributed by atoms with van der Waals surface area (Å²) in [5, 5.41) is 11.6. The molecule has 0 fully saturated rings. The standard InChI is InChI=1S/C29H39N3O11.ClH/c1-18(2)43-28(35)25-20(4)31(29(36)42-17-41-23(33)12-7-6-8-13-30)19(3)24(27(34)40-15-14-39-5)26(25)21-10-9-11-22(16-21)32(37)38;/h9-11,16,18,26H,6-8,12-15,17,30H2,1-5H3;1H. The molecule has 0 radical (unpaired) electrons. The smallest absolute Gasteiger partial charge is 0.421 e. The Morgan fingerprint density at radius 1 is 0.977 bits per heavy atom. The zero-order valence-electron chi connectivity index (χ0n) is 25.5. The van der Waals surface area contributed by atoms with Crippen LogP contribution >= 0.6 is 12.4 Å². The van der Waals surface area contributed by atoms with E-state index >= 15 is 0 Å². The van der Waals surface area contributed by atoms with Crippen molar-refractivity contribution in [1.82, 2.24) is 4.90 Å². The summed E-state index contributed by atoms with van der Waals surface area (Å²) >= 11 is 0. The molecule has 1 unspecified atom stereocenters. The number of benzene rings is 1. The van der Waals surface area contributed by atoms with E-state index in [0.29, 0.717) is 13.0 Å². The first kappa shape index (κ1) is 38.0. The minimum Gasteiger partial charge on any atom is -0.460 e. The zero-order chi connectivity index (χ0) is 32.1. The molecule has 2 rings (SSSR count). The molecule has 1 heterocycles. The number of nitrogens with two attached hydrogens (primary N) is 1. The van der Waals surface area contributed by atoms with E-state index in [1.165, 1.54) is 45.2 Å². The Morgan fingerprint density at radius 3 is 2.23 bits per heavy atom. The van der Waals surface area contributed by atoms with E-state index in [2.05, 4.69) is 0 Å². The zero-order valence-corrected chi connectivity index (χ0v) is 26.3. The second-order valence-electron chi connectivity index (χ2n) is 9.85. The number of nitrogens with zero attached hydrogens (tertiary/aromatic N) is 2. The van der Waals surface area contributed by atoms with Gasteiger partial charge >= 0.3 is 24.0 Å². The minimum atomic E-state index is -1.20. The average Bonchev–Trinajstić information content (AvgIpc) is 2.94. The van der Waals surface area contributed by atoms with Crippen molar-refractivity contribution < 1.29 is 47.8 Å².